The number of hydrogen-bond donors (Lipinski definition) is 1. The van der Waals surface area contributed by atoms with Gasteiger partial charge in [0.1, 0.15) is 11.9 Å². The predicted molar refractivity (Wildman–Crippen MR) is 101 cm³/mol. The Bertz CT molecular complexity index is 666. The lowest BCUT2D eigenvalue weighted by molar-refractivity contribution is -0.141. The second-order valence-electron chi connectivity index (χ2n) is 6.29. The number of aliphatic hydroxyl groups is 1. The Balaban J connectivity index is 1.56. The maximum atomic E-state index is 12.3. The van der Waals surface area contributed by atoms with E-state index in [0.717, 1.165) is 36.7 Å². The fourth-order valence-corrected chi connectivity index (χ4v) is 4.23. The van der Waals surface area contributed by atoms with Crippen molar-refractivity contribution in [1.82, 2.24) is 19.4 Å². The van der Waals surface area contributed by atoms with Crippen molar-refractivity contribution in [3.05, 3.63) is 34.8 Å². The van der Waals surface area contributed by atoms with E-state index in [4.69, 9.17) is 0 Å². The first-order valence-electron chi connectivity index (χ1n) is 8.53. The predicted octanol–water partition coefficient (Wildman–Crippen LogP) is 2.21. The molecule has 136 valence electrons. The van der Waals surface area contributed by atoms with Gasteiger partial charge in [0, 0.05) is 36.8 Å². The number of likely N-dealkylation sites (tertiary alicyclic amines) is 1. The summed E-state index contributed by atoms with van der Waals surface area (Å²) < 4.78 is 2.16. The quantitative estimate of drug-likeness (QED) is 0.797. The van der Waals surface area contributed by atoms with Gasteiger partial charge in [-0.3, -0.25) is 4.79 Å². The van der Waals surface area contributed by atoms with Crippen molar-refractivity contribution < 1.29 is 9.90 Å². The van der Waals surface area contributed by atoms with E-state index < -0.39 is 6.10 Å². The van der Waals surface area contributed by atoms with Crippen LogP contribution < -0.4 is 0 Å². The summed E-state index contributed by atoms with van der Waals surface area (Å²) in [5.74, 6) is 2.10. The van der Waals surface area contributed by atoms with Gasteiger partial charge in [-0.1, -0.05) is 0 Å². The Labute approximate surface area is 156 Å². The number of hydrogen-bond acceptors (Lipinski definition) is 6. The highest BCUT2D eigenvalue weighted by Gasteiger charge is 2.29. The number of aliphatic hydroxyl groups excluding tert-OH is 1. The van der Waals surface area contributed by atoms with Gasteiger partial charge in [-0.05, 0) is 31.3 Å². The molecule has 3 rings (SSSR count). The summed E-state index contributed by atoms with van der Waals surface area (Å²) in [5.41, 5.74) is 2.90. The number of nitrogens with zero attached hydrogens (tertiary/aromatic N) is 4. The second kappa shape index (κ2) is 8.82. The van der Waals surface area contributed by atoms with Crippen molar-refractivity contribution >= 4 is 29.0 Å². The van der Waals surface area contributed by atoms with Gasteiger partial charge in [0.25, 0.3) is 5.91 Å². The normalized spacial score (nSPS) is 17.0. The van der Waals surface area contributed by atoms with Crippen LogP contribution in [0.2, 0.25) is 0 Å². The summed E-state index contributed by atoms with van der Waals surface area (Å²) in [5, 5.41) is 12.1. The Hall–Kier alpha value is -1.38. The van der Waals surface area contributed by atoms with Crippen molar-refractivity contribution in [3.8, 4) is 0 Å². The third-order valence-electron chi connectivity index (χ3n) is 4.62. The number of imidazole rings is 1. The fourth-order valence-electron chi connectivity index (χ4n) is 3.23. The van der Waals surface area contributed by atoms with Crippen LogP contribution in [-0.2, 0) is 11.3 Å². The summed E-state index contributed by atoms with van der Waals surface area (Å²) in [7, 11) is 0. The maximum absolute atomic E-state index is 12.3. The third-order valence-corrected chi connectivity index (χ3v) is 5.89. The van der Waals surface area contributed by atoms with E-state index in [1.807, 2.05) is 24.2 Å². The van der Waals surface area contributed by atoms with Crippen LogP contribution in [0, 0.1) is 0 Å². The summed E-state index contributed by atoms with van der Waals surface area (Å²) in [6.45, 7) is 2.11. The number of carbonyl (C=O) groups excluding carboxylic acids is 1. The first-order chi connectivity index (χ1) is 12.2. The molecule has 1 unspecified atom stereocenters. The molecule has 0 radical (unpaired) electrons. The molecule has 1 aliphatic rings. The lowest BCUT2D eigenvalue weighted by Gasteiger charge is -2.33. The van der Waals surface area contributed by atoms with Crippen molar-refractivity contribution in [2.75, 3.05) is 25.1 Å². The summed E-state index contributed by atoms with van der Waals surface area (Å²) >= 11 is 3.25. The largest absolute Gasteiger partial charge is 0.383 e. The molecule has 3 heterocycles. The number of amides is 1. The monoisotopic (exact) mass is 380 g/mol. The van der Waals surface area contributed by atoms with Crippen LogP contribution in [0.5, 0.6) is 0 Å². The number of thiazole rings is 1. The zero-order valence-electron chi connectivity index (χ0n) is 14.4. The van der Waals surface area contributed by atoms with Gasteiger partial charge < -0.3 is 14.6 Å². The molecule has 0 aromatic carbocycles. The minimum absolute atomic E-state index is 0.127. The summed E-state index contributed by atoms with van der Waals surface area (Å²) in [6.07, 6.45) is 7.25. The molecule has 6 nitrogen and oxygen atoms in total. The van der Waals surface area contributed by atoms with Gasteiger partial charge in [-0.2, -0.15) is 11.8 Å². The van der Waals surface area contributed by atoms with Gasteiger partial charge in [-0.25, -0.2) is 9.97 Å². The highest BCUT2D eigenvalue weighted by atomic mass is 32.2. The molecule has 1 fully saturated rings. The van der Waals surface area contributed by atoms with Crippen LogP contribution in [0.1, 0.15) is 36.7 Å². The highest BCUT2D eigenvalue weighted by molar-refractivity contribution is 7.98. The van der Waals surface area contributed by atoms with Crippen LogP contribution in [0.3, 0.4) is 0 Å². The molecule has 25 heavy (non-hydrogen) atoms. The maximum Gasteiger partial charge on any atom is 0.251 e. The molecule has 0 spiro atoms. The lowest BCUT2D eigenvalue weighted by atomic mass is 9.95. The van der Waals surface area contributed by atoms with Crippen molar-refractivity contribution in [1.29, 1.82) is 0 Å². The Kier molecular flexibility index (Phi) is 6.50. The van der Waals surface area contributed by atoms with E-state index >= 15 is 0 Å². The van der Waals surface area contributed by atoms with Gasteiger partial charge in [-0.15, -0.1) is 11.3 Å². The number of carbonyl (C=O) groups is 1. The Morgan fingerprint density at radius 2 is 2.24 bits per heavy atom. The van der Waals surface area contributed by atoms with Crippen molar-refractivity contribution in [3.63, 3.8) is 0 Å². The fraction of sp³-hybridized carbons (Fsp3) is 0.588. The molecule has 2 aromatic rings. The van der Waals surface area contributed by atoms with Gasteiger partial charge in [0.2, 0.25) is 0 Å². The van der Waals surface area contributed by atoms with E-state index in [1.165, 1.54) is 0 Å². The first-order valence-corrected chi connectivity index (χ1v) is 10.9. The zero-order chi connectivity index (χ0) is 17.6. The molecule has 1 amide bonds. The van der Waals surface area contributed by atoms with Crippen molar-refractivity contribution in [2.45, 2.75) is 37.8 Å². The lowest BCUT2D eigenvalue weighted by Crippen LogP contribution is -2.44. The van der Waals surface area contributed by atoms with Crippen LogP contribution in [-0.4, -0.2) is 61.7 Å². The van der Waals surface area contributed by atoms with Crippen LogP contribution >= 0.6 is 23.1 Å². The van der Waals surface area contributed by atoms with E-state index in [0.29, 0.717) is 25.4 Å². The van der Waals surface area contributed by atoms with Gasteiger partial charge >= 0.3 is 0 Å². The molecule has 1 aliphatic heterocycles. The molecule has 1 N–H and O–H groups in total. The van der Waals surface area contributed by atoms with Crippen LogP contribution in [0.25, 0.3) is 0 Å². The number of aromatic nitrogens is 3. The molecule has 0 aliphatic carbocycles. The molecule has 8 heteroatoms. The SMILES string of the molecule is CSCCC(O)C(=O)N1CCC(c2nccn2Cc2cscn2)CC1. The molecule has 0 saturated carbocycles. The molecular formula is C17H24N4O2S2. The standard InChI is InChI=1S/C17H24N4O2S2/c1-24-9-4-15(22)17(23)20-6-2-13(3-7-20)16-18-5-8-21(16)10-14-11-25-12-19-14/h5,8,11-13,15,22H,2-4,6-7,9-10H2,1H3. The zero-order valence-corrected chi connectivity index (χ0v) is 16.0. The topological polar surface area (TPSA) is 71.2 Å². The van der Waals surface area contributed by atoms with E-state index in [1.54, 1.807) is 28.0 Å². The number of piperidine rings is 1. The van der Waals surface area contributed by atoms with Gasteiger partial charge in [0.15, 0.2) is 0 Å². The molecule has 1 saturated heterocycles. The minimum Gasteiger partial charge on any atom is -0.383 e. The van der Waals surface area contributed by atoms with E-state index in [9.17, 15) is 9.90 Å². The van der Waals surface area contributed by atoms with Gasteiger partial charge in [0.05, 0.1) is 17.7 Å². The molecule has 2 aromatic heterocycles. The second-order valence-corrected chi connectivity index (χ2v) is 7.99. The van der Waals surface area contributed by atoms with E-state index in [-0.39, 0.29) is 5.91 Å². The average molecular weight is 381 g/mol. The molecule has 1 atom stereocenters. The van der Waals surface area contributed by atoms with E-state index in [2.05, 4.69) is 19.9 Å². The molecular weight excluding hydrogens is 356 g/mol. The Morgan fingerprint density at radius 1 is 1.44 bits per heavy atom. The molecule has 0 bridgehead atoms. The first kappa shape index (κ1) is 18.4. The average Bonchev–Trinajstić information content (AvgIpc) is 3.31. The van der Waals surface area contributed by atoms with Crippen molar-refractivity contribution in [2.24, 2.45) is 0 Å². The number of rotatable bonds is 7. The highest BCUT2D eigenvalue weighted by Crippen LogP contribution is 2.28. The summed E-state index contributed by atoms with van der Waals surface area (Å²) in [4.78, 5) is 23.0. The smallest absolute Gasteiger partial charge is 0.251 e. The number of thioether (sulfide) groups is 1. The minimum atomic E-state index is -0.865. The van der Waals surface area contributed by atoms with Crippen LogP contribution in [0.4, 0.5) is 0 Å². The van der Waals surface area contributed by atoms with Crippen LogP contribution in [0.15, 0.2) is 23.3 Å². The Morgan fingerprint density at radius 3 is 2.92 bits per heavy atom. The summed E-state index contributed by atoms with van der Waals surface area (Å²) in [6, 6.07) is 0. The third kappa shape index (κ3) is 4.62.